The van der Waals surface area contributed by atoms with Gasteiger partial charge in [0.2, 0.25) is 0 Å². The number of hydrogen-bond acceptors (Lipinski definition) is 0. The fraction of sp³-hybridized carbons (Fsp3) is 0.200. The summed E-state index contributed by atoms with van der Waals surface area (Å²) in [6.07, 6.45) is 3.77. The van der Waals surface area contributed by atoms with Crippen molar-refractivity contribution < 1.29 is 4.39 Å². The first-order valence-electron chi connectivity index (χ1n) is 3.63. The second-order valence-corrected chi connectivity index (χ2v) is 2.51. The summed E-state index contributed by atoms with van der Waals surface area (Å²) in [6, 6.07) is 5.22. The Balaban J connectivity index is 3.05. The molecule has 58 valence electrons. The Morgan fingerprint density at radius 2 is 2.09 bits per heavy atom. The summed E-state index contributed by atoms with van der Waals surface area (Å²) < 4.78 is 12.9. The van der Waals surface area contributed by atoms with Crippen molar-refractivity contribution in [3.05, 3.63) is 41.2 Å². The van der Waals surface area contributed by atoms with Gasteiger partial charge < -0.3 is 0 Å². The molecule has 0 aliphatic heterocycles. The number of aryl methyl sites for hydroxylation is 1. The topological polar surface area (TPSA) is 0 Å². The molecule has 0 aliphatic rings. The Bertz CT molecular complexity index is 274. The van der Waals surface area contributed by atoms with Crippen LogP contribution in [0.2, 0.25) is 0 Å². The predicted molar refractivity (Wildman–Crippen MR) is 45.8 cm³/mol. The lowest BCUT2D eigenvalue weighted by molar-refractivity contribution is 0.618. The van der Waals surface area contributed by atoms with Crippen LogP contribution in [0.5, 0.6) is 0 Å². The molecule has 0 amide bonds. The van der Waals surface area contributed by atoms with Crippen LogP contribution in [0, 0.1) is 12.7 Å². The van der Waals surface area contributed by atoms with Crippen molar-refractivity contribution in [2.75, 3.05) is 0 Å². The third-order valence-corrected chi connectivity index (χ3v) is 1.56. The molecule has 0 spiro atoms. The van der Waals surface area contributed by atoms with E-state index in [-0.39, 0.29) is 5.82 Å². The Hall–Kier alpha value is -1.11. The van der Waals surface area contributed by atoms with Crippen LogP contribution in [-0.4, -0.2) is 0 Å². The zero-order valence-corrected chi connectivity index (χ0v) is 6.76. The summed E-state index contributed by atoms with van der Waals surface area (Å²) >= 11 is 0. The molecule has 1 heteroatoms. The van der Waals surface area contributed by atoms with Crippen molar-refractivity contribution in [3.63, 3.8) is 0 Å². The van der Waals surface area contributed by atoms with Crippen molar-refractivity contribution in [3.8, 4) is 0 Å². The molecule has 1 aromatic rings. The van der Waals surface area contributed by atoms with Gasteiger partial charge in [-0.1, -0.05) is 24.3 Å². The normalized spacial score (nSPS) is 10.8. The maximum atomic E-state index is 12.9. The highest BCUT2D eigenvalue weighted by Gasteiger charge is 1.94. The van der Waals surface area contributed by atoms with E-state index in [1.807, 2.05) is 25.1 Å². The van der Waals surface area contributed by atoms with Gasteiger partial charge in [0, 0.05) is 0 Å². The summed E-state index contributed by atoms with van der Waals surface area (Å²) in [5.41, 5.74) is 1.61. The summed E-state index contributed by atoms with van der Waals surface area (Å²) in [5.74, 6) is -0.138. The average molecular weight is 150 g/mol. The van der Waals surface area contributed by atoms with Crippen LogP contribution in [0.4, 0.5) is 4.39 Å². The van der Waals surface area contributed by atoms with E-state index in [2.05, 4.69) is 0 Å². The lowest BCUT2D eigenvalue weighted by atomic mass is 10.1. The lowest BCUT2D eigenvalue weighted by Gasteiger charge is -1.96. The molecule has 0 atom stereocenters. The molecule has 0 saturated carbocycles. The van der Waals surface area contributed by atoms with Gasteiger partial charge >= 0.3 is 0 Å². The van der Waals surface area contributed by atoms with Gasteiger partial charge in [-0.25, -0.2) is 4.39 Å². The smallest absolute Gasteiger partial charge is 0.126 e. The highest BCUT2D eigenvalue weighted by molar-refractivity contribution is 5.49. The molecular formula is C10H11F. The van der Waals surface area contributed by atoms with Crippen molar-refractivity contribution in [2.24, 2.45) is 0 Å². The van der Waals surface area contributed by atoms with Gasteiger partial charge in [-0.2, -0.15) is 0 Å². The number of benzene rings is 1. The third kappa shape index (κ3) is 1.90. The van der Waals surface area contributed by atoms with Crippen LogP contribution in [0.1, 0.15) is 18.1 Å². The van der Waals surface area contributed by atoms with Gasteiger partial charge in [-0.15, -0.1) is 0 Å². The molecule has 1 rings (SSSR count). The Morgan fingerprint density at radius 1 is 1.36 bits per heavy atom. The molecule has 0 bridgehead atoms. The van der Waals surface area contributed by atoms with Crippen LogP contribution < -0.4 is 0 Å². The van der Waals surface area contributed by atoms with Gasteiger partial charge in [0.1, 0.15) is 5.82 Å². The van der Waals surface area contributed by atoms with Crippen molar-refractivity contribution >= 4 is 6.08 Å². The van der Waals surface area contributed by atoms with E-state index < -0.39 is 0 Å². The minimum absolute atomic E-state index is 0.138. The van der Waals surface area contributed by atoms with Crippen LogP contribution in [0.3, 0.4) is 0 Å². The van der Waals surface area contributed by atoms with Crippen LogP contribution >= 0.6 is 0 Å². The van der Waals surface area contributed by atoms with Crippen molar-refractivity contribution in [2.45, 2.75) is 13.8 Å². The summed E-state index contributed by atoms with van der Waals surface area (Å²) in [6.45, 7) is 3.67. The lowest BCUT2D eigenvalue weighted by Crippen LogP contribution is -1.81. The standard InChI is InChI=1S/C10H11F/c1-3-4-9-6-5-8(2)10(11)7-9/h3-7H,1-2H3/b4-3+. The van der Waals surface area contributed by atoms with E-state index in [0.29, 0.717) is 5.56 Å². The molecule has 11 heavy (non-hydrogen) atoms. The highest BCUT2D eigenvalue weighted by atomic mass is 19.1. The van der Waals surface area contributed by atoms with Crippen LogP contribution in [-0.2, 0) is 0 Å². The van der Waals surface area contributed by atoms with Gasteiger partial charge in [0.05, 0.1) is 0 Å². The Morgan fingerprint density at radius 3 is 2.64 bits per heavy atom. The third-order valence-electron chi connectivity index (χ3n) is 1.56. The summed E-state index contributed by atoms with van der Waals surface area (Å²) in [7, 11) is 0. The van der Waals surface area contributed by atoms with E-state index in [9.17, 15) is 4.39 Å². The molecule has 0 aromatic heterocycles. The number of rotatable bonds is 1. The quantitative estimate of drug-likeness (QED) is 0.576. The van der Waals surface area contributed by atoms with Crippen LogP contribution in [0.15, 0.2) is 24.3 Å². The molecule has 0 aliphatic carbocycles. The molecule has 0 radical (unpaired) electrons. The van der Waals surface area contributed by atoms with Crippen molar-refractivity contribution in [1.82, 2.24) is 0 Å². The maximum Gasteiger partial charge on any atom is 0.126 e. The molecule has 0 unspecified atom stereocenters. The SMILES string of the molecule is C/C=C/c1ccc(C)c(F)c1. The monoisotopic (exact) mass is 150 g/mol. The first kappa shape index (κ1) is 7.99. The fourth-order valence-corrected chi connectivity index (χ4v) is 0.905. The molecule has 0 N–H and O–H groups in total. The first-order valence-corrected chi connectivity index (χ1v) is 3.63. The second-order valence-electron chi connectivity index (χ2n) is 2.51. The van der Waals surface area contributed by atoms with Crippen LogP contribution in [0.25, 0.3) is 6.08 Å². The number of allylic oxidation sites excluding steroid dienone is 1. The van der Waals surface area contributed by atoms with Gasteiger partial charge in [0.15, 0.2) is 0 Å². The number of halogens is 1. The minimum Gasteiger partial charge on any atom is -0.207 e. The average Bonchev–Trinajstić information content (AvgIpc) is 1.98. The predicted octanol–water partition coefficient (Wildman–Crippen LogP) is 3.17. The second kappa shape index (κ2) is 3.33. The molecule has 0 fully saturated rings. The molecule has 0 saturated heterocycles. The fourth-order valence-electron chi connectivity index (χ4n) is 0.905. The van der Waals surface area contributed by atoms with E-state index in [1.165, 1.54) is 6.07 Å². The zero-order valence-electron chi connectivity index (χ0n) is 6.76. The van der Waals surface area contributed by atoms with Gasteiger partial charge in [0.25, 0.3) is 0 Å². The van der Waals surface area contributed by atoms with Gasteiger partial charge in [-0.3, -0.25) is 0 Å². The van der Waals surface area contributed by atoms with E-state index in [0.717, 1.165) is 5.56 Å². The molecule has 0 heterocycles. The Kier molecular flexibility index (Phi) is 2.42. The summed E-state index contributed by atoms with van der Waals surface area (Å²) in [5, 5.41) is 0. The molecule has 0 nitrogen and oxygen atoms in total. The van der Waals surface area contributed by atoms with Crippen molar-refractivity contribution in [1.29, 1.82) is 0 Å². The molecular weight excluding hydrogens is 139 g/mol. The van der Waals surface area contributed by atoms with E-state index in [1.54, 1.807) is 13.0 Å². The number of hydrogen-bond donors (Lipinski definition) is 0. The van der Waals surface area contributed by atoms with E-state index >= 15 is 0 Å². The van der Waals surface area contributed by atoms with E-state index in [4.69, 9.17) is 0 Å². The molecule has 1 aromatic carbocycles. The zero-order chi connectivity index (χ0) is 8.27. The first-order chi connectivity index (χ1) is 5.24. The summed E-state index contributed by atoms with van der Waals surface area (Å²) in [4.78, 5) is 0. The largest absolute Gasteiger partial charge is 0.207 e. The highest BCUT2D eigenvalue weighted by Crippen LogP contribution is 2.09. The minimum atomic E-state index is -0.138. The Labute approximate surface area is 66.4 Å². The van der Waals surface area contributed by atoms with Gasteiger partial charge in [-0.05, 0) is 31.0 Å². The maximum absolute atomic E-state index is 12.9.